The standard InChI is InChI=1S/C13H15ClN2O3S/c1-3-16-9-15-7-11(16)8-19-12-5-4-10(2)6-13(12)20(14,17)18/h4-7,9H,3,8H2,1-2H3. The molecule has 5 nitrogen and oxygen atoms in total. The van der Waals surface area contributed by atoms with Gasteiger partial charge in [0.25, 0.3) is 9.05 Å². The van der Waals surface area contributed by atoms with Crippen LogP contribution in [0.3, 0.4) is 0 Å². The molecule has 0 fully saturated rings. The van der Waals surface area contributed by atoms with Crippen LogP contribution in [0.15, 0.2) is 35.6 Å². The van der Waals surface area contributed by atoms with Crippen molar-refractivity contribution in [3.05, 3.63) is 42.0 Å². The minimum Gasteiger partial charge on any atom is -0.486 e. The summed E-state index contributed by atoms with van der Waals surface area (Å²) in [5.74, 6) is 0.245. The minimum atomic E-state index is -3.84. The summed E-state index contributed by atoms with van der Waals surface area (Å²) in [5, 5.41) is 0. The van der Waals surface area contributed by atoms with Crippen LogP contribution in [0, 0.1) is 6.92 Å². The van der Waals surface area contributed by atoms with Gasteiger partial charge in [-0.2, -0.15) is 0 Å². The Balaban J connectivity index is 2.26. The van der Waals surface area contributed by atoms with E-state index in [2.05, 4.69) is 4.98 Å². The van der Waals surface area contributed by atoms with Gasteiger partial charge in [-0.1, -0.05) is 6.07 Å². The summed E-state index contributed by atoms with van der Waals surface area (Å²) in [6.07, 6.45) is 3.39. The Morgan fingerprint density at radius 1 is 1.40 bits per heavy atom. The quantitative estimate of drug-likeness (QED) is 0.796. The number of benzene rings is 1. The van der Waals surface area contributed by atoms with Gasteiger partial charge in [-0.3, -0.25) is 0 Å². The first-order valence-electron chi connectivity index (χ1n) is 6.09. The molecule has 1 aromatic carbocycles. The molecule has 0 saturated heterocycles. The predicted molar refractivity (Wildman–Crippen MR) is 76.5 cm³/mol. The summed E-state index contributed by atoms with van der Waals surface area (Å²) in [6.45, 7) is 4.79. The van der Waals surface area contributed by atoms with Crippen molar-refractivity contribution in [2.24, 2.45) is 0 Å². The van der Waals surface area contributed by atoms with Gasteiger partial charge in [0.2, 0.25) is 0 Å². The molecule has 7 heteroatoms. The van der Waals surface area contributed by atoms with E-state index in [0.717, 1.165) is 17.8 Å². The van der Waals surface area contributed by atoms with Crippen LogP contribution >= 0.6 is 10.7 Å². The predicted octanol–water partition coefficient (Wildman–Crippen LogP) is 2.72. The first-order chi connectivity index (χ1) is 9.41. The maximum Gasteiger partial charge on any atom is 0.264 e. The lowest BCUT2D eigenvalue weighted by Gasteiger charge is -2.11. The van der Waals surface area contributed by atoms with Crippen molar-refractivity contribution in [1.82, 2.24) is 9.55 Å². The lowest BCUT2D eigenvalue weighted by molar-refractivity contribution is 0.287. The summed E-state index contributed by atoms with van der Waals surface area (Å²) >= 11 is 0. The minimum absolute atomic E-state index is 0.0123. The molecule has 0 aliphatic rings. The molecule has 1 aromatic heterocycles. The van der Waals surface area contributed by atoms with E-state index in [1.807, 2.05) is 11.5 Å². The summed E-state index contributed by atoms with van der Waals surface area (Å²) in [4.78, 5) is 4.02. The first kappa shape index (κ1) is 14.9. The van der Waals surface area contributed by atoms with Crippen LogP contribution in [0.1, 0.15) is 18.2 Å². The van der Waals surface area contributed by atoms with Gasteiger partial charge in [-0.15, -0.1) is 0 Å². The monoisotopic (exact) mass is 314 g/mol. The van der Waals surface area contributed by atoms with Crippen LogP contribution in [0.25, 0.3) is 0 Å². The van der Waals surface area contributed by atoms with E-state index in [9.17, 15) is 8.42 Å². The van der Waals surface area contributed by atoms with Crippen molar-refractivity contribution in [3.8, 4) is 5.75 Å². The van der Waals surface area contributed by atoms with Gasteiger partial charge in [0.05, 0.1) is 18.2 Å². The summed E-state index contributed by atoms with van der Waals surface area (Å²) < 4.78 is 30.6. The van der Waals surface area contributed by atoms with Gasteiger partial charge in [0.1, 0.15) is 17.3 Å². The average Bonchev–Trinajstić information content (AvgIpc) is 2.83. The van der Waals surface area contributed by atoms with Gasteiger partial charge in [0.15, 0.2) is 0 Å². The van der Waals surface area contributed by atoms with Crippen LogP contribution in [0.5, 0.6) is 5.75 Å². The maximum absolute atomic E-state index is 11.6. The summed E-state index contributed by atoms with van der Waals surface area (Å²) in [7, 11) is 1.59. The van der Waals surface area contributed by atoms with Crippen LogP contribution < -0.4 is 4.74 Å². The second-order valence-corrected chi connectivity index (χ2v) is 6.88. The highest BCUT2D eigenvalue weighted by Crippen LogP contribution is 2.28. The van der Waals surface area contributed by atoms with Crippen molar-refractivity contribution < 1.29 is 13.2 Å². The molecule has 1 heterocycles. The highest BCUT2D eigenvalue weighted by molar-refractivity contribution is 8.13. The molecular weight excluding hydrogens is 300 g/mol. The molecule has 0 N–H and O–H groups in total. The lowest BCUT2D eigenvalue weighted by atomic mass is 10.2. The summed E-state index contributed by atoms with van der Waals surface area (Å²) in [6, 6.07) is 4.88. The molecule has 0 bridgehead atoms. The molecule has 0 atom stereocenters. The third kappa shape index (κ3) is 3.32. The van der Waals surface area contributed by atoms with Gasteiger partial charge in [-0.05, 0) is 31.5 Å². The molecule has 0 saturated carbocycles. The molecule has 0 radical (unpaired) electrons. The van der Waals surface area contributed by atoms with Crippen molar-refractivity contribution in [1.29, 1.82) is 0 Å². The largest absolute Gasteiger partial charge is 0.486 e. The number of aryl methyl sites for hydroxylation is 2. The van der Waals surface area contributed by atoms with Gasteiger partial charge < -0.3 is 9.30 Å². The van der Waals surface area contributed by atoms with Crippen molar-refractivity contribution in [2.45, 2.75) is 31.9 Å². The molecular formula is C13H15ClN2O3S. The lowest BCUT2D eigenvalue weighted by Crippen LogP contribution is -2.05. The van der Waals surface area contributed by atoms with E-state index < -0.39 is 9.05 Å². The molecule has 0 unspecified atom stereocenters. The number of hydrogen-bond acceptors (Lipinski definition) is 4. The van der Waals surface area contributed by atoms with Gasteiger partial charge in [-0.25, -0.2) is 13.4 Å². The maximum atomic E-state index is 11.6. The van der Waals surface area contributed by atoms with E-state index in [0.29, 0.717) is 0 Å². The smallest absolute Gasteiger partial charge is 0.264 e. The topological polar surface area (TPSA) is 61.2 Å². The van der Waals surface area contributed by atoms with E-state index in [4.69, 9.17) is 15.4 Å². The van der Waals surface area contributed by atoms with Crippen molar-refractivity contribution in [3.63, 3.8) is 0 Å². The fourth-order valence-electron chi connectivity index (χ4n) is 1.83. The Morgan fingerprint density at radius 3 is 2.80 bits per heavy atom. The van der Waals surface area contributed by atoms with Gasteiger partial charge >= 0.3 is 0 Å². The fraction of sp³-hybridized carbons (Fsp3) is 0.308. The number of nitrogens with zero attached hydrogens (tertiary/aromatic N) is 2. The second-order valence-electron chi connectivity index (χ2n) is 4.35. The zero-order valence-electron chi connectivity index (χ0n) is 11.2. The van der Waals surface area contributed by atoms with Crippen LogP contribution in [0.2, 0.25) is 0 Å². The zero-order chi connectivity index (χ0) is 14.8. The Labute approximate surface area is 122 Å². The number of ether oxygens (including phenoxy) is 1. The van der Waals surface area contributed by atoms with Crippen LogP contribution in [0.4, 0.5) is 0 Å². The number of rotatable bonds is 5. The number of halogens is 1. The normalized spacial score (nSPS) is 11.6. The third-order valence-electron chi connectivity index (χ3n) is 2.88. The second kappa shape index (κ2) is 5.85. The highest BCUT2D eigenvalue weighted by atomic mass is 35.7. The van der Waals surface area contributed by atoms with Gasteiger partial charge in [0, 0.05) is 17.2 Å². The molecule has 2 aromatic rings. The third-order valence-corrected chi connectivity index (χ3v) is 4.22. The Kier molecular flexibility index (Phi) is 4.35. The molecule has 0 aliphatic carbocycles. The highest BCUT2D eigenvalue weighted by Gasteiger charge is 2.17. The first-order valence-corrected chi connectivity index (χ1v) is 8.40. The van der Waals surface area contributed by atoms with E-state index >= 15 is 0 Å². The van der Waals surface area contributed by atoms with Crippen molar-refractivity contribution >= 4 is 19.7 Å². The van der Waals surface area contributed by atoms with E-state index in [-0.39, 0.29) is 17.3 Å². The number of imidazole rings is 1. The molecule has 0 amide bonds. The number of aromatic nitrogens is 2. The fourth-order valence-corrected chi connectivity index (χ4v) is 2.89. The van der Waals surface area contributed by atoms with E-state index in [1.165, 1.54) is 6.07 Å². The Bertz CT molecular complexity index is 710. The SMILES string of the molecule is CCn1cncc1COc1ccc(C)cc1S(=O)(=O)Cl. The number of hydrogen-bond donors (Lipinski definition) is 0. The van der Waals surface area contributed by atoms with Crippen LogP contribution in [-0.4, -0.2) is 18.0 Å². The zero-order valence-corrected chi connectivity index (χ0v) is 12.8. The summed E-state index contributed by atoms with van der Waals surface area (Å²) in [5.41, 5.74) is 1.67. The average molecular weight is 315 g/mol. The molecule has 2 rings (SSSR count). The van der Waals surface area contributed by atoms with E-state index in [1.54, 1.807) is 31.6 Å². The Morgan fingerprint density at radius 2 is 2.15 bits per heavy atom. The van der Waals surface area contributed by atoms with Crippen LogP contribution in [-0.2, 0) is 22.2 Å². The molecule has 0 aliphatic heterocycles. The molecule has 0 spiro atoms. The molecule has 20 heavy (non-hydrogen) atoms. The Hall–Kier alpha value is -1.53. The molecule has 108 valence electrons. The van der Waals surface area contributed by atoms with Crippen molar-refractivity contribution in [2.75, 3.05) is 0 Å².